The van der Waals surface area contributed by atoms with E-state index >= 15 is 0 Å². The number of sulfonamides is 1. The molecule has 5 atom stereocenters. The fourth-order valence-corrected chi connectivity index (χ4v) is 6.34. The van der Waals surface area contributed by atoms with E-state index < -0.39 is 40.4 Å². The molecule has 0 bridgehead atoms. The summed E-state index contributed by atoms with van der Waals surface area (Å²) >= 11 is 0. The first-order valence-corrected chi connectivity index (χ1v) is 13.0. The Morgan fingerprint density at radius 1 is 0.882 bits per heavy atom. The van der Waals surface area contributed by atoms with Crippen molar-refractivity contribution < 1.29 is 23.4 Å². The maximum Gasteiger partial charge on any atom is 0.245 e. The first-order chi connectivity index (χ1) is 16.3. The summed E-state index contributed by atoms with van der Waals surface area (Å²) in [5.41, 5.74) is 2.12. The minimum absolute atomic E-state index is 0.161. The van der Waals surface area contributed by atoms with Crippen LogP contribution in [-0.4, -0.2) is 41.8 Å². The lowest BCUT2D eigenvalue weighted by Gasteiger charge is -2.37. The summed E-state index contributed by atoms with van der Waals surface area (Å²) in [6.07, 6.45) is -2.83. The van der Waals surface area contributed by atoms with Gasteiger partial charge in [-0.1, -0.05) is 85.3 Å². The van der Waals surface area contributed by atoms with Crippen LogP contribution in [0.1, 0.15) is 42.2 Å². The average Bonchev–Trinajstić information content (AvgIpc) is 3.30. The zero-order valence-electron chi connectivity index (χ0n) is 19.4. The van der Waals surface area contributed by atoms with Crippen molar-refractivity contribution >= 4 is 10.0 Å². The molecule has 1 unspecified atom stereocenters. The highest BCUT2D eigenvalue weighted by Gasteiger charge is 2.50. The molecule has 0 amide bonds. The van der Waals surface area contributed by atoms with Gasteiger partial charge in [-0.3, -0.25) is 0 Å². The minimum Gasteiger partial charge on any atom is -0.388 e. The Morgan fingerprint density at radius 3 is 1.85 bits per heavy atom. The van der Waals surface area contributed by atoms with Crippen molar-refractivity contribution in [3.63, 3.8) is 0 Å². The molecule has 34 heavy (non-hydrogen) atoms. The predicted molar refractivity (Wildman–Crippen MR) is 130 cm³/mol. The van der Waals surface area contributed by atoms with Gasteiger partial charge in [-0.2, -0.15) is 4.31 Å². The quantitative estimate of drug-likeness (QED) is 0.504. The summed E-state index contributed by atoms with van der Waals surface area (Å²) in [7, 11) is -3.96. The molecule has 1 fully saturated rings. The Hall–Kier alpha value is -2.55. The smallest absolute Gasteiger partial charge is 0.245 e. The maximum absolute atomic E-state index is 13.8. The van der Waals surface area contributed by atoms with Gasteiger partial charge in [0.15, 0.2) is 0 Å². The number of rotatable bonds is 8. The number of ether oxygens (including phenoxy) is 1. The molecule has 3 aromatic rings. The molecule has 0 spiro atoms. The molecule has 0 saturated carbocycles. The molecule has 4 rings (SSSR count). The predicted octanol–water partition coefficient (Wildman–Crippen LogP) is 4.20. The van der Waals surface area contributed by atoms with E-state index in [2.05, 4.69) is 0 Å². The third-order valence-electron chi connectivity index (χ3n) is 6.48. The lowest BCUT2D eigenvalue weighted by atomic mass is 9.85. The van der Waals surface area contributed by atoms with Gasteiger partial charge >= 0.3 is 0 Å². The van der Waals surface area contributed by atoms with Crippen LogP contribution >= 0.6 is 0 Å². The summed E-state index contributed by atoms with van der Waals surface area (Å²) < 4.78 is 35.1. The van der Waals surface area contributed by atoms with Crippen molar-refractivity contribution in [3.05, 3.63) is 102 Å². The first kappa shape index (κ1) is 24.6. The number of aliphatic hydroxyl groups is 2. The van der Waals surface area contributed by atoms with Crippen LogP contribution in [0.3, 0.4) is 0 Å². The second-order valence-corrected chi connectivity index (χ2v) is 10.6. The second kappa shape index (κ2) is 10.4. The number of benzene rings is 3. The van der Waals surface area contributed by atoms with E-state index in [1.165, 1.54) is 4.31 Å². The third kappa shape index (κ3) is 4.80. The maximum atomic E-state index is 13.8. The fraction of sp³-hybridized carbons (Fsp3) is 0.333. The Balaban J connectivity index is 1.80. The normalized spacial score (nSPS) is 21.8. The van der Waals surface area contributed by atoms with E-state index in [0.29, 0.717) is 17.5 Å². The van der Waals surface area contributed by atoms with Crippen LogP contribution in [0.2, 0.25) is 0 Å². The molecular formula is C27H31NO5S. The van der Waals surface area contributed by atoms with Gasteiger partial charge in [-0.15, -0.1) is 0 Å². The van der Waals surface area contributed by atoms with Gasteiger partial charge in [0.25, 0.3) is 0 Å². The van der Waals surface area contributed by atoms with Crippen LogP contribution in [0.5, 0.6) is 0 Å². The van der Waals surface area contributed by atoms with Crippen molar-refractivity contribution in [2.45, 2.75) is 49.6 Å². The minimum atomic E-state index is -3.96. The third-order valence-corrected chi connectivity index (χ3v) is 8.41. The van der Waals surface area contributed by atoms with E-state index in [1.807, 2.05) is 26.0 Å². The molecule has 1 aliphatic rings. The molecule has 1 aliphatic heterocycles. The van der Waals surface area contributed by atoms with Crippen molar-refractivity contribution in [2.75, 3.05) is 6.61 Å². The van der Waals surface area contributed by atoms with Crippen LogP contribution in [0.4, 0.5) is 0 Å². The van der Waals surface area contributed by atoms with Gasteiger partial charge in [0.2, 0.25) is 10.0 Å². The molecule has 1 heterocycles. The molecule has 7 heteroatoms. The van der Waals surface area contributed by atoms with Crippen LogP contribution in [0.25, 0.3) is 0 Å². The van der Waals surface area contributed by atoms with E-state index in [0.717, 1.165) is 5.56 Å². The Kier molecular flexibility index (Phi) is 7.50. The summed E-state index contributed by atoms with van der Waals surface area (Å²) in [4.78, 5) is 0.161. The zero-order valence-corrected chi connectivity index (χ0v) is 20.2. The number of aliphatic hydroxyl groups excluding tert-OH is 2. The number of hydrogen-bond donors (Lipinski definition) is 2. The lowest BCUT2D eigenvalue weighted by molar-refractivity contribution is -0.0942. The van der Waals surface area contributed by atoms with Gasteiger partial charge in [-0.05, 0) is 36.6 Å². The Bertz CT molecular complexity index is 1120. The highest BCUT2D eigenvalue weighted by Crippen LogP contribution is 2.42. The molecule has 2 N–H and O–H groups in total. The second-order valence-electron chi connectivity index (χ2n) is 8.72. The van der Waals surface area contributed by atoms with Crippen LogP contribution in [0, 0.1) is 12.8 Å². The van der Waals surface area contributed by atoms with Gasteiger partial charge in [0.1, 0.15) is 6.23 Å². The standard InChI is InChI=1S/C27H31NO5S/c1-3-22-18-33-27(28(22)34(31,32)23-16-14-19(2)15-17-23)24(25(29)20-10-6-4-7-11-20)26(30)21-12-8-5-9-13-21/h4-17,22,24-27,29-30H,3,18H2,1-2H3/t22-,24?,25-,26+,27-/m1/s1. The molecule has 0 aromatic heterocycles. The van der Waals surface area contributed by atoms with Gasteiger partial charge in [0, 0.05) is 0 Å². The molecule has 0 aliphatic carbocycles. The van der Waals surface area contributed by atoms with Gasteiger partial charge in [-0.25, -0.2) is 8.42 Å². The van der Waals surface area contributed by atoms with Crippen molar-refractivity contribution in [2.24, 2.45) is 5.92 Å². The monoisotopic (exact) mass is 481 g/mol. The van der Waals surface area contributed by atoms with E-state index in [-0.39, 0.29) is 11.5 Å². The lowest BCUT2D eigenvalue weighted by Crippen LogP contribution is -2.48. The largest absolute Gasteiger partial charge is 0.388 e. The van der Waals surface area contributed by atoms with E-state index in [1.54, 1.807) is 72.8 Å². The Labute approximate surface area is 201 Å². The van der Waals surface area contributed by atoms with Crippen LogP contribution < -0.4 is 0 Å². The van der Waals surface area contributed by atoms with Crippen molar-refractivity contribution in [1.29, 1.82) is 0 Å². The molecule has 180 valence electrons. The fourth-order valence-electron chi connectivity index (χ4n) is 4.54. The highest BCUT2D eigenvalue weighted by atomic mass is 32.2. The molecule has 1 saturated heterocycles. The topological polar surface area (TPSA) is 87.1 Å². The first-order valence-electron chi connectivity index (χ1n) is 11.5. The summed E-state index contributed by atoms with van der Waals surface area (Å²) in [6, 6.07) is 24.2. The summed E-state index contributed by atoms with van der Waals surface area (Å²) in [5, 5.41) is 22.9. The molecular weight excluding hydrogens is 450 g/mol. The van der Waals surface area contributed by atoms with Crippen molar-refractivity contribution in [1.82, 2.24) is 4.31 Å². The highest BCUT2D eigenvalue weighted by molar-refractivity contribution is 7.89. The van der Waals surface area contributed by atoms with Crippen LogP contribution in [-0.2, 0) is 14.8 Å². The van der Waals surface area contributed by atoms with Gasteiger partial charge < -0.3 is 14.9 Å². The number of aryl methyl sites for hydroxylation is 1. The molecule has 3 aromatic carbocycles. The van der Waals surface area contributed by atoms with E-state index in [4.69, 9.17) is 4.74 Å². The summed E-state index contributed by atoms with van der Waals surface area (Å²) in [5.74, 6) is -0.957. The molecule has 0 radical (unpaired) electrons. The number of hydrogen-bond acceptors (Lipinski definition) is 5. The number of nitrogens with zero attached hydrogens (tertiary/aromatic N) is 1. The zero-order chi connectivity index (χ0) is 24.3. The SMILES string of the molecule is CC[C@@H]1CO[C@H](C([C@H](O)c2ccccc2)[C@@H](O)c2ccccc2)N1S(=O)(=O)c1ccc(C)cc1. The van der Waals surface area contributed by atoms with E-state index in [9.17, 15) is 18.6 Å². The van der Waals surface area contributed by atoms with Gasteiger partial charge in [0.05, 0.1) is 35.7 Å². The Morgan fingerprint density at radius 2 is 1.38 bits per heavy atom. The average molecular weight is 482 g/mol. The molecule has 6 nitrogen and oxygen atoms in total. The van der Waals surface area contributed by atoms with Crippen LogP contribution in [0.15, 0.2) is 89.8 Å². The summed E-state index contributed by atoms with van der Waals surface area (Å²) in [6.45, 7) is 3.99. The van der Waals surface area contributed by atoms with Crippen molar-refractivity contribution in [3.8, 4) is 0 Å².